The normalized spacial score (nSPS) is 48.5. The van der Waals surface area contributed by atoms with Gasteiger partial charge in [0.05, 0.1) is 49.2 Å². The van der Waals surface area contributed by atoms with Crippen LogP contribution in [0.5, 0.6) is 0 Å². The van der Waals surface area contributed by atoms with E-state index in [1.54, 1.807) is 0 Å². The van der Waals surface area contributed by atoms with Crippen LogP contribution in [0.1, 0.15) is 25.7 Å². The number of hydrogen-bond donors (Lipinski definition) is 14. The van der Waals surface area contributed by atoms with Crippen molar-refractivity contribution in [2.75, 3.05) is 26.2 Å². The van der Waals surface area contributed by atoms with Crippen molar-refractivity contribution in [1.82, 2.24) is 10.6 Å². The van der Waals surface area contributed by atoms with Crippen molar-refractivity contribution in [3.63, 3.8) is 0 Å². The van der Waals surface area contributed by atoms with Gasteiger partial charge in [-0.2, -0.15) is 0 Å². The van der Waals surface area contributed by atoms with Crippen LogP contribution in [0, 0.1) is 5.92 Å². The third kappa shape index (κ3) is 7.36. The SMILES string of the molecule is NCCC(O)CNC1CC(O)C(CN)OC1C1C(N)CC(NC(=O)C2(O)CC2N)C(OC2OC(CO)C(O)C(N)C2O)C1O. The molecule has 18 heteroatoms. The smallest absolute Gasteiger partial charge is 0.253 e. The summed E-state index contributed by atoms with van der Waals surface area (Å²) < 4.78 is 17.9. The van der Waals surface area contributed by atoms with Crippen LogP contribution >= 0.6 is 0 Å². The maximum Gasteiger partial charge on any atom is 0.253 e. The summed E-state index contributed by atoms with van der Waals surface area (Å²) in [4.78, 5) is 13.0. The van der Waals surface area contributed by atoms with Gasteiger partial charge in [-0.1, -0.05) is 0 Å². The van der Waals surface area contributed by atoms with Crippen LogP contribution in [-0.2, 0) is 19.0 Å². The van der Waals surface area contributed by atoms with Crippen LogP contribution < -0.4 is 39.3 Å². The van der Waals surface area contributed by atoms with E-state index >= 15 is 0 Å². The molecule has 2 aliphatic heterocycles. The largest absolute Gasteiger partial charge is 0.394 e. The van der Waals surface area contributed by atoms with Gasteiger partial charge in [-0.15, -0.1) is 0 Å². The summed E-state index contributed by atoms with van der Waals surface area (Å²) in [7, 11) is 0. The molecule has 0 radical (unpaired) electrons. The van der Waals surface area contributed by atoms with Crippen molar-refractivity contribution in [3.05, 3.63) is 0 Å². The zero-order valence-corrected chi connectivity index (χ0v) is 24.5. The van der Waals surface area contributed by atoms with Crippen LogP contribution in [0.4, 0.5) is 0 Å². The Kier molecular flexibility index (Phi) is 11.9. The number of carbonyl (C=O) groups excluding carboxylic acids is 1. The number of hydrogen-bond acceptors (Lipinski definition) is 17. The van der Waals surface area contributed by atoms with E-state index in [4.69, 9.17) is 42.9 Å². The van der Waals surface area contributed by atoms with Crippen LogP contribution in [0.25, 0.3) is 0 Å². The Labute approximate surface area is 255 Å². The molecule has 2 heterocycles. The molecule has 0 spiro atoms. The number of rotatable bonds is 12. The van der Waals surface area contributed by atoms with Gasteiger partial charge in [0.25, 0.3) is 5.91 Å². The first-order valence-electron chi connectivity index (χ1n) is 15.2. The minimum Gasteiger partial charge on any atom is -0.394 e. The van der Waals surface area contributed by atoms with Crippen molar-refractivity contribution < 1.29 is 54.8 Å². The maximum absolute atomic E-state index is 13.0. The molecule has 2 saturated carbocycles. The highest BCUT2D eigenvalue weighted by atomic mass is 16.7. The zero-order chi connectivity index (χ0) is 32.5. The van der Waals surface area contributed by atoms with Crippen LogP contribution in [0.2, 0.25) is 0 Å². The highest BCUT2D eigenvalue weighted by Crippen LogP contribution is 2.39. The third-order valence-corrected chi connectivity index (χ3v) is 9.45. The number of ether oxygens (including phenoxy) is 3. The predicted octanol–water partition coefficient (Wildman–Crippen LogP) is -8.06. The standard InChI is InChI=1S/C26H51N7O11/c27-2-1-9(35)7-32-11-4-13(36)14(6-28)42-22(11)17-10(29)3-12(33-25(40)26(41)5-16(26)30)23(20(17)38)44-24-21(39)18(31)19(37)15(8-34)43-24/h9-24,32,34-39,41H,1-8,27-31H2,(H,33,40). The van der Waals surface area contributed by atoms with Crippen molar-refractivity contribution in [2.45, 2.75) is 123 Å². The molecule has 1 amide bonds. The molecule has 44 heavy (non-hydrogen) atoms. The van der Waals surface area contributed by atoms with Gasteiger partial charge in [-0.3, -0.25) is 4.79 Å². The molecule has 256 valence electrons. The van der Waals surface area contributed by atoms with Crippen molar-refractivity contribution in [2.24, 2.45) is 34.6 Å². The number of nitrogens with one attached hydrogen (secondary N) is 2. The highest BCUT2D eigenvalue weighted by molar-refractivity contribution is 5.89. The summed E-state index contributed by atoms with van der Waals surface area (Å²) in [6.07, 6.45) is -11.5. The summed E-state index contributed by atoms with van der Waals surface area (Å²) in [6, 6.07) is -4.51. The molecule has 18 nitrogen and oxygen atoms in total. The van der Waals surface area contributed by atoms with E-state index in [2.05, 4.69) is 10.6 Å². The summed E-state index contributed by atoms with van der Waals surface area (Å²) in [5, 5.41) is 79.9. The van der Waals surface area contributed by atoms with E-state index < -0.39 is 115 Å². The van der Waals surface area contributed by atoms with Crippen LogP contribution in [0.15, 0.2) is 0 Å². The van der Waals surface area contributed by atoms with Gasteiger partial charge in [0.2, 0.25) is 0 Å². The number of carbonyl (C=O) groups is 1. The Hall–Kier alpha value is -1.17. The average Bonchev–Trinajstić information content (AvgIpc) is 3.61. The molecule has 17 unspecified atom stereocenters. The lowest BCUT2D eigenvalue weighted by Gasteiger charge is -2.52. The molecule has 4 aliphatic rings. The molecule has 19 N–H and O–H groups in total. The van der Waals surface area contributed by atoms with Crippen molar-refractivity contribution in [3.8, 4) is 0 Å². The molecule has 0 bridgehead atoms. The van der Waals surface area contributed by atoms with Gasteiger partial charge in [-0.25, -0.2) is 0 Å². The Morgan fingerprint density at radius 3 is 2.27 bits per heavy atom. The number of aliphatic hydroxyl groups is 7. The summed E-state index contributed by atoms with van der Waals surface area (Å²) >= 11 is 0. The van der Waals surface area contributed by atoms with E-state index in [-0.39, 0.29) is 38.9 Å². The fourth-order valence-corrected chi connectivity index (χ4v) is 6.55. The van der Waals surface area contributed by atoms with E-state index in [1.165, 1.54) is 0 Å². The van der Waals surface area contributed by atoms with E-state index in [0.29, 0.717) is 6.42 Å². The molecule has 0 aromatic heterocycles. The first kappa shape index (κ1) is 35.7. The summed E-state index contributed by atoms with van der Waals surface area (Å²) in [6.45, 7) is -0.297. The van der Waals surface area contributed by atoms with E-state index in [0.717, 1.165) is 0 Å². The Bertz CT molecular complexity index is 958. The minimum atomic E-state index is -1.80. The number of nitrogens with two attached hydrogens (primary N) is 5. The van der Waals surface area contributed by atoms with Gasteiger partial charge >= 0.3 is 0 Å². The van der Waals surface area contributed by atoms with Gasteiger partial charge in [0.15, 0.2) is 11.9 Å². The Balaban J connectivity index is 1.62. The lowest BCUT2D eigenvalue weighted by molar-refractivity contribution is -0.307. The summed E-state index contributed by atoms with van der Waals surface area (Å²) in [5.74, 6) is -1.70. The molecule has 4 fully saturated rings. The zero-order valence-electron chi connectivity index (χ0n) is 24.5. The van der Waals surface area contributed by atoms with Gasteiger partial charge in [0, 0.05) is 43.6 Å². The molecule has 4 rings (SSSR count). The van der Waals surface area contributed by atoms with Gasteiger partial charge < -0.3 is 89.3 Å². The Morgan fingerprint density at radius 1 is 1.00 bits per heavy atom. The Morgan fingerprint density at radius 2 is 1.68 bits per heavy atom. The molecule has 17 atom stereocenters. The maximum atomic E-state index is 13.0. The quantitative estimate of drug-likeness (QED) is 0.0944. The second-order valence-electron chi connectivity index (χ2n) is 12.6. The number of aliphatic hydroxyl groups excluding tert-OH is 6. The molecule has 2 aliphatic carbocycles. The topological polar surface area (TPSA) is 341 Å². The van der Waals surface area contributed by atoms with E-state index in [1.807, 2.05) is 0 Å². The monoisotopic (exact) mass is 637 g/mol. The second kappa shape index (κ2) is 14.7. The third-order valence-electron chi connectivity index (χ3n) is 9.45. The fourth-order valence-electron chi connectivity index (χ4n) is 6.55. The lowest BCUT2D eigenvalue weighted by Crippen LogP contribution is -2.70. The molecule has 0 aromatic rings. The molecular weight excluding hydrogens is 586 g/mol. The average molecular weight is 638 g/mol. The fraction of sp³-hybridized carbons (Fsp3) is 0.962. The minimum absolute atomic E-state index is 0.00258. The lowest BCUT2D eigenvalue weighted by atomic mass is 9.71. The van der Waals surface area contributed by atoms with Gasteiger partial charge in [0.1, 0.15) is 24.4 Å². The van der Waals surface area contributed by atoms with Crippen LogP contribution in [-0.4, -0.2) is 165 Å². The molecule has 2 saturated heterocycles. The first-order chi connectivity index (χ1) is 20.8. The van der Waals surface area contributed by atoms with E-state index in [9.17, 15) is 40.5 Å². The van der Waals surface area contributed by atoms with Gasteiger partial charge in [-0.05, 0) is 25.8 Å². The molecular formula is C26H51N7O11. The van der Waals surface area contributed by atoms with Crippen molar-refractivity contribution >= 4 is 5.91 Å². The second-order valence-corrected chi connectivity index (χ2v) is 12.6. The predicted molar refractivity (Wildman–Crippen MR) is 152 cm³/mol. The highest BCUT2D eigenvalue weighted by Gasteiger charge is 2.59. The first-order valence-corrected chi connectivity index (χ1v) is 15.2. The number of amides is 1. The van der Waals surface area contributed by atoms with Crippen LogP contribution in [0.3, 0.4) is 0 Å². The van der Waals surface area contributed by atoms with Crippen molar-refractivity contribution in [1.29, 1.82) is 0 Å². The molecule has 0 aromatic carbocycles. The summed E-state index contributed by atoms with van der Waals surface area (Å²) in [5.41, 5.74) is 27.9.